The fraction of sp³-hybridized carbons (Fsp3) is 0.267. The van der Waals surface area contributed by atoms with Crippen molar-refractivity contribution in [3.8, 4) is 0 Å². The third-order valence-corrected chi connectivity index (χ3v) is 3.62. The molecule has 0 bridgehead atoms. The highest BCUT2D eigenvalue weighted by Crippen LogP contribution is 2.20. The Kier molecular flexibility index (Phi) is 5.67. The second-order valence-corrected chi connectivity index (χ2v) is 5.47. The van der Waals surface area contributed by atoms with Crippen LogP contribution in [0.2, 0.25) is 10.0 Å². The van der Waals surface area contributed by atoms with E-state index in [1.54, 1.807) is 24.5 Å². The van der Waals surface area contributed by atoms with Gasteiger partial charge in [0.1, 0.15) is 5.76 Å². The molecular formula is C15H16Cl2N2O2. The Morgan fingerprint density at radius 1 is 1.33 bits per heavy atom. The average Bonchev–Trinajstić information content (AvgIpc) is 2.98. The number of carbonyl (C=O) groups is 1. The molecule has 1 aromatic heterocycles. The highest BCUT2D eigenvalue weighted by atomic mass is 35.5. The summed E-state index contributed by atoms with van der Waals surface area (Å²) in [5, 5.41) is 7.00. The lowest BCUT2D eigenvalue weighted by atomic mass is 10.2. The smallest absolute Gasteiger partial charge is 0.234 e. The molecule has 2 aromatic rings. The van der Waals surface area contributed by atoms with Gasteiger partial charge in [0.2, 0.25) is 5.91 Å². The van der Waals surface area contributed by atoms with Crippen molar-refractivity contribution in [3.05, 3.63) is 58.0 Å². The molecule has 0 radical (unpaired) electrons. The van der Waals surface area contributed by atoms with Crippen LogP contribution in [0.4, 0.5) is 0 Å². The van der Waals surface area contributed by atoms with Gasteiger partial charge in [0.25, 0.3) is 0 Å². The summed E-state index contributed by atoms with van der Waals surface area (Å²) in [6.45, 7) is 2.50. The van der Waals surface area contributed by atoms with Crippen LogP contribution in [-0.4, -0.2) is 12.5 Å². The SMILES string of the molecule is C[C@H](NCC(=O)NCc1ccc(Cl)cc1Cl)c1ccco1. The Morgan fingerprint density at radius 3 is 2.81 bits per heavy atom. The van der Waals surface area contributed by atoms with Gasteiger partial charge in [-0.05, 0) is 36.8 Å². The van der Waals surface area contributed by atoms with E-state index in [1.165, 1.54) is 0 Å². The largest absolute Gasteiger partial charge is 0.468 e. The number of hydrogen-bond acceptors (Lipinski definition) is 3. The Balaban J connectivity index is 1.77. The van der Waals surface area contributed by atoms with Crippen LogP contribution in [0.1, 0.15) is 24.3 Å². The number of rotatable bonds is 6. The summed E-state index contributed by atoms with van der Waals surface area (Å²) in [7, 11) is 0. The van der Waals surface area contributed by atoms with Crippen LogP contribution < -0.4 is 10.6 Å². The van der Waals surface area contributed by atoms with Crippen molar-refractivity contribution >= 4 is 29.1 Å². The minimum atomic E-state index is -0.112. The van der Waals surface area contributed by atoms with Crippen LogP contribution in [0.25, 0.3) is 0 Å². The van der Waals surface area contributed by atoms with Crippen molar-refractivity contribution < 1.29 is 9.21 Å². The highest BCUT2D eigenvalue weighted by Gasteiger charge is 2.10. The first-order valence-corrected chi connectivity index (χ1v) is 7.29. The standard InChI is InChI=1S/C15H16Cl2N2O2/c1-10(14-3-2-6-21-14)18-9-15(20)19-8-11-4-5-12(16)7-13(11)17/h2-7,10,18H,8-9H2,1H3,(H,19,20)/t10-/m0/s1. The van der Waals surface area contributed by atoms with Crippen molar-refractivity contribution in [2.45, 2.75) is 19.5 Å². The van der Waals surface area contributed by atoms with E-state index >= 15 is 0 Å². The van der Waals surface area contributed by atoms with E-state index in [0.29, 0.717) is 16.6 Å². The molecule has 2 N–H and O–H groups in total. The predicted molar refractivity (Wildman–Crippen MR) is 83.4 cm³/mol. The number of carbonyl (C=O) groups excluding carboxylic acids is 1. The van der Waals surface area contributed by atoms with Gasteiger partial charge in [-0.3, -0.25) is 10.1 Å². The van der Waals surface area contributed by atoms with Crippen molar-refractivity contribution in [1.29, 1.82) is 0 Å². The van der Waals surface area contributed by atoms with Gasteiger partial charge >= 0.3 is 0 Å². The molecule has 0 aliphatic rings. The van der Waals surface area contributed by atoms with E-state index in [2.05, 4.69) is 10.6 Å². The summed E-state index contributed by atoms with van der Waals surface area (Å²) >= 11 is 11.9. The number of benzene rings is 1. The molecule has 1 atom stereocenters. The third kappa shape index (κ3) is 4.77. The summed E-state index contributed by atoms with van der Waals surface area (Å²) in [6, 6.07) is 8.85. The lowest BCUT2D eigenvalue weighted by Crippen LogP contribution is -2.34. The molecule has 0 aliphatic heterocycles. The lowest BCUT2D eigenvalue weighted by molar-refractivity contribution is -0.120. The third-order valence-electron chi connectivity index (χ3n) is 3.03. The second kappa shape index (κ2) is 7.50. The van der Waals surface area contributed by atoms with E-state index in [4.69, 9.17) is 27.6 Å². The Labute approximate surface area is 133 Å². The number of nitrogens with one attached hydrogen (secondary N) is 2. The normalized spacial score (nSPS) is 12.1. The number of hydrogen-bond donors (Lipinski definition) is 2. The minimum Gasteiger partial charge on any atom is -0.468 e. The Morgan fingerprint density at radius 2 is 2.14 bits per heavy atom. The quantitative estimate of drug-likeness (QED) is 0.853. The maximum atomic E-state index is 11.8. The predicted octanol–water partition coefficient (Wildman–Crippen LogP) is 3.55. The Bertz CT molecular complexity index is 600. The van der Waals surface area contributed by atoms with Crippen LogP contribution in [-0.2, 0) is 11.3 Å². The summed E-state index contributed by atoms with van der Waals surface area (Å²) < 4.78 is 5.26. The van der Waals surface area contributed by atoms with Gasteiger partial charge in [-0.1, -0.05) is 29.3 Å². The molecule has 0 saturated heterocycles. The molecular weight excluding hydrogens is 311 g/mol. The van der Waals surface area contributed by atoms with Gasteiger partial charge in [-0.2, -0.15) is 0 Å². The zero-order valence-electron chi connectivity index (χ0n) is 11.5. The summed E-state index contributed by atoms with van der Waals surface area (Å²) in [6.07, 6.45) is 1.61. The molecule has 112 valence electrons. The first kappa shape index (κ1) is 15.9. The maximum Gasteiger partial charge on any atom is 0.234 e. The first-order chi connectivity index (χ1) is 10.1. The molecule has 0 aliphatic carbocycles. The summed E-state index contributed by atoms with van der Waals surface area (Å²) in [5.74, 6) is 0.683. The maximum absolute atomic E-state index is 11.8. The molecule has 6 heteroatoms. The highest BCUT2D eigenvalue weighted by molar-refractivity contribution is 6.35. The molecule has 0 unspecified atom stereocenters. The van der Waals surface area contributed by atoms with Gasteiger partial charge in [-0.15, -0.1) is 0 Å². The van der Waals surface area contributed by atoms with Gasteiger partial charge in [0.05, 0.1) is 18.8 Å². The Hall–Kier alpha value is -1.49. The van der Waals surface area contributed by atoms with E-state index in [-0.39, 0.29) is 18.5 Å². The van der Waals surface area contributed by atoms with Crippen molar-refractivity contribution in [2.75, 3.05) is 6.54 Å². The van der Waals surface area contributed by atoms with E-state index < -0.39 is 0 Å². The molecule has 4 nitrogen and oxygen atoms in total. The van der Waals surface area contributed by atoms with Crippen LogP contribution in [0.5, 0.6) is 0 Å². The fourth-order valence-electron chi connectivity index (χ4n) is 1.81. The lowest BCUT2D eigenvalue weighted by Gasteiger charge is -2.12. The second-order valence-electron chi connectivity index (χ2n) is 4.63. The number of amides is 1. The fourth-order valence-corrected chi connectivity index (χ4v) is 2.28. The van der Waals surface area contributed by atoms with Crippen LogP contribution in [0.3, 0.4) is 0 Å². The molecule has 0 saturated carbocycles. The molecule has 0 spiro atoms. The van der Waals surface area contributed by atoms with Gasteiger partial charge in [0.15, 0.2) is 0 Å². The average molecular weight is 327 g/mol. The monoisotopic (exact) mass is 326 g/mol. The molecule has 1 amide bonds. The van der Waals surface area contributed by atoms with Crippen molar-refractivity contribution in [2.24, 2.45) is 0 Å². The van der Waals surface area contributed by atoms with Gasteiger partial charge in [-0.25, -0.2) is 0 Å². The first-order valence-electron chi connectivity index (χ1n) is 6.53. The van der Waals surface area contributed by atoms with E-state index in [0.717, 1.165) is 11.3 Å². The summed E-state index contributed by atoms with van der Waals surface area (Å²) in [5.41, 5.74) is 0.827. The minimum absolute atomic E-state index is 0.0233. The van der Waals surface area contributed by atoms with Crippen LogP contribution in [0, 0.1) is 0 Å². The number of halogens is 2. The van der Waals surface area contributed by atoms with Crippen molar-refractivity contribution in [3.63, 3.8) is 0 Å². The molecule has 1 aromatic carbocycles. The topological polar surface area (TPSA) is 54.3 Å². The van der Waals surface area contributed by atoms with Crippen LogP contribution in [0.15, 0.2) is 41.0 Å². The summed E-state index contributed by atoms with van der Waals surface area (Å²) in [4.78, 5) is 11.8. The van der Waals surface area contributed by atoms with Crippen LogP contribution >= 0.6 is 23.2 Å². The molecule has 2 rings (SSSR count). The molecule has 21 heavy (non-hydrogen) atoms. The molecule has 0 fully saturated rings. The van der Waals surface area contributed by atoms with Gasteiger partial charge in [0, 0.05) is 16.6 Å². The number of furan rings is 1. The van der Waals surface area contributed by atoms with Gasteiger partial charge < -0.3 is 9.73 Å². The van der Waals surface area contributed by atoms with E-state index in [9.17, 15) is 4.79 Å². The van der Waals surface area contributed by atoms with E-state index in [1.807, 2.05) is 19.1 Å². The zero-order chi connectivity index (χ0) is 15.2. The molecule has 1 heterocycles. The zero-order valence-corrected chi connectivity index (χ0v) is 13.0. The van der Waals surface area contributed by atoms with Crippen molar-refractivity contribution in [1.82, 2.24) is 10.6 Å².